The van der Waals surface area contributed by atoms with Crippen molar-refractivity contribution < 1.29 is 4.39 Å². The number of fused-ring (bicyclic) bond motifs is 1. The van der Waals surface area contributed by atoms with Crippen LogP contribution in [0.15, 0.2) is 48.7 Å². The van der Waals surface area contributed by atoms with Gasteiger partial charge in [0, 0.05) is 23.2 Å². The standard InChI is InChI=1S/C15H8FN3/c16-11-5-6-18-14(8-11)12-7-10-3-1-2-4-13(10)19-15(12)9-17/h1-8H. The van der Waals surface area contributed by atoms with Gasteiger partial charge in [-0.3, -0.25) is 4.98 Å². The van der Waals surface area contributed by atoms with Crippen LogP contribution in [-0.2, 0) is 0 Å². The Bertz CT molecular complexity index is 806. The fourth-order valence-corrected chi connectivity index (χ4v) is 1.95. The molecule has 0 aliphatic rings. The molecule has 0 saturated carbocycles. The molecular weight excluding hydrogens is 241 g/mol. The lowest BCUT2D eigenvalue weighted by Gasteiger charge is -2.05. The molecule has 90 valence electrons. The van der Waals surface area contributed by atoms with E-state index < -0.39 is 0 Å². The van der Waals surface area contributed by atoms with Crippen molar-refractivity contribution >= 4 is 10.9 Å². The summed E-state index contributed by atoms with van der Waals surface area (Å²) in [7, 11) is 0. The first kappa shape index (κ1) is 11.3. The second-order valence-corrected chi connectivity index (χ2v) is 4.05. The topological polar surface area (TPSA) is 49.6 Å². The van der Waals surface area contributed by atoms with E-state index in [4.69, 9.17) is 0 Å². The number of benzene rings is 1. The molecule has 0 aliphatic carbocycles. The van der Waals surface area contributed by atoms with E-state index in [0.29, 0.717) is 11.3 Å². The maximum atomic E-state index is 13.3. The second kappa shape index (κ2) is 4.46. The van der Waals surface area contributed by atoms with Gasteiger partial charge in [-0.15, -0.1) is 0 Å². The van der Waals surface area contributed by atoms with Crippen LogP contribution < -0.4 is 0 Å². The number of halogens is 1. The summed E-state index contributed by atoms with van der Waals surface area (Å²) < 4.78 is 13.3. The molecule has 0 aliphatic heterocycles. The van der Waals surface area contributed by atoms with Gasteiger partial charge < -0.3 is 0 Å². The van der Waals surface area contributed by atoms with Crippen molar-refractivity contribution in [1.82, 2.24) is 9.97 Å². The molecule has 3 rings (SSSR count). The van der Waals surface area contributed by atoms with Gasteiger partial charge in [0.25, 0.3) is 0 Å². The SMILES string of the molecule is N#Cc1nc2ccccc2cc1-c1cc(F)ccn1. The highest BCUT2D eigenvalue weighted by atomic mass is 19.1. The van der Waals surface area contributed by atoms with Crippen LogP contribution in [0.1, 0.15) is 5.69 Å². The third kappa shape index (κ3) is 2.02. The summed E-state index contributed by atoms with van der Waals surface area (Å²) in [5, 5.41) is 10.1. The molecular formula is C15H8FN3. The number of nitriles is 1. The normalized spacial score (nSPS) is 10.3. The maximum Gasteiger partial charge on any atom is 0.150 e. The molecule has 3 aromatic rings. The molecule has 0 amide bonds. The summed E-state index contributed by atoms with van der Waals surface area (Å²) in [6.45, 7) is 0. The molecule has 0 radical (unpaired) electrons. The number of pyridine rings is 2. The van der Waals surface area contributed by atoms with Crippen molar-refractivity contribution in [2.45, 2.75) is 0 Å². The third-order valence-electron chi connectivity index (χ3n) is 2.83. The Morgan fingerprint density at radius 2 is 1.95 bits per heavy atom. The first-order chi connectivity index (χ1) is 9.28. The molecule has 2 heterocycles. The summed E-state index contributed by atoms with van der Waals surface area (Å²) in [6.07, 6.45) is 1.38. The van der Waals surface area contributed by atoms with Crippen LogP contribution in [0, 0.1) is 17.1 Å². The van der Waals surface area contributed by atoms with Crippen molar-refractivity contribution in [2.24, 2.45) is 0 Å². The van der Waals surface area contributed by atoms with Crippen LogP contribution in [0.5, 0.6) is 0 Å². The van der Waals surface area contributed by atoms with E-state index in [1.807, 2.05) is 36.4 Å². The average molecular weight is 249 g/mol. The number of aromatic nitrogens is 2. The van der Waals surface area contributed by atoms with E-state index in [2.05, 4.69) is 9.97 Å². The molecule has 3 nitrogen and oxygen atoms in total. The van der Waals surface area contributed by atoms with E-state index in [-0.39, 0.29) is 11.5 Å². The maximum absolute atomic E-state index is 13.3. The molecule has 0 N–H and O–H groups in total. The number of para-hydroxylation sites is 1. The molecule has 0 atom stereocenters. The van der Waals surface area contributed by atoms with Gasteiger partial charge in [0.1, 0.15) is 11.9 Å². The highest BCUT2D eigenvalue weighted by Gasteiger charge is 2.10. The number of nitrogens with zero attached hydrogens (tertiary/aromatic N) is 3. The molecule has 0 saturated heterocycles. The molecule has 4 heteroatoms. The van der Waals surface area contributed by atoms with Gasteiger partial charge in [-0.05, 0) is 18.2 Å². The van der Waals surface area contributed by atoms with Crippen LogP contribution in [0.25, 0.3) is 22.2 Å². The molecule has 0 unspecified atom stereocenters. The zero-order chi connectivity index (χ0) is 13.2. The number of hydrogen-bond donors (Lipinski definition) is 0. The highest BCUT2D eigenvalue weighted by Crippen LogP contribution is 2.25. The Morgan fingerprint density at radius 3 is 2.74 bits per heavy atom. The van der Waals surface area contributed by atoms with E-state index in [0.717, 1.165) is 10.9 Å². The average Bonchev–Trinajstić information content (AvgIpc) is 2.46. The van der Waals surface area contributed by atoms with Crippen molar-refractivity contribution in [2.75, 3.05) is 0 Å². The van der Waals surface area contributed by atoms with Gasteiger partial charge >= 0.3 is 0 Å². The zero-order valence-electron chi connectivity index (χ0n) is 9.84. The number of hydrogen-bond acceptors (Lipinski definition) is 3. The van der Waals surface area contributed by atoms with Crippen LogP contribution >= 0.6 is 0 Å². The van der Waals surface area contributed by atoms with Crippen LogP contribution in [0.2, 0.25) is 0 Å². The Morgan fingerprint density at radius 1 is 1.11 bits per heavy atom. The Labute approximate surface area is 109 Å². The lowest BCUT2D eigenvalue weighted by molar-refractivity contribution is 0.626. The molecule has 19 heavy (non-hydrogen) atoms. The molecule has 2 aromatic heterocycles. The zero-order valence-corrected chi connectivity index (χ0v) is 9.84. The molecule has 0 spiro atoms. The largest absolute Gasteiger partial charge is 0.256 e. The van der Waals surface area contributed by atoms with Crippen LogP contribution in [0.3, 0.4) is 0 Å². The highest BCUT2D eigenvalue weighted by molar-refractivity contribution is 5.85. The summed E-state index contributed by atoms with van der Waals surface area (Å²) in [4.78, 5) is 8.37. The van der Waals surface area contributed by atoms with Crippen molar-refractivity contribution in [1.29, 1.82) is 5.26 Å². The fourth-order valence-electron chi connectivity index (χ4n) is 1.95. The van der Waals surface area contributed by atoms with Gasteiger partial charge in [-0.25, -0.2) is 9.37 Å². The minimum atomic E-state index is -0.387. The van der Waals surface area contributed by atoms with Crippen LogP contribution in [-0.4, -0.2) is 9.97 Å². The van der Waals surface area contributed by atoms with Gasteiger partial charge in [0.2, 0.25) is 0 Å². The predicted octanol–water partition coefficient (Wildman–Crippen LogP) is 3.31. The van der Waals surface area contributed by atoms with Gasteiger partial charge in [-0.2, -0.15) is 5.26 Å². The lowest BCUT2D eigenvalue weighted by atomic mass is 10.1. The minimum Gasteiger partial charge on any atom is -0.256 e. The summed E-state index contributed by atoms with van der Waals surface area (Å²) in [5.41, 5.74) is 1.94. The predicted molar refractivity (Wildman–Crippen MR) is 69.6 cm³/mol. The summed E-state index contributed by atoms with van der Waals surface area (Å²) in [5.74, 6) is -0.387. The fraction of sp³-hybridized carbons (Fsp3) is 0. The van der Waals surface area contributed by atoms with Gasteiger partial charge in [0.05, 0.1) is 11.2 Å². The van der Waals surface area contributed by atoms with Gasteiger partial charge in [0.15, 0.2) is 5.69 Å². The first-order valence-electron chi connectivity index (χ1n) is 5.70. The molecule has 0 fully saturated rings. The first-order valence-corrected chi connectivity index (χ1v) is 5.70. The second-order valence-electron chi connectivity index (χ2n) is 4.05. The summed E-state index contributed by atoms with van der Waals surface area (Å²) in [6, 6.07) is 13.9. The molecule has 1 aromatic carbocycles. The smallest absolute Gasteiger partial charge is 0.150 e. The van der Waals surface area contributed by atoms with E-state index in [1.165, 1.54) is 18.3 Å². The Balaban J connectivity index is 2.31. The van der Waals surface area contributed by atoms with Crippen molar-refractivity contribution in [3.8, 4) is 17.3 Å². The van der Waals surface area contributed by atoms with E-state index >= 15 is 0 Å². The molecule has 0 bridgehead atoms. The Hall–Kier alpha value is -2.80. The van der Waals surface area contributed by atoms with Crippen molar-refractivity contribution in [3.05, 3.63) is 60.2 Å². The Kier molecular flexibility index (Phi) is 2.66. The van der Waals surface area contributed by atoms with Gasteiger partial charge in [-0.1, -0.05) is 18.2 Å². The third-order valence-corrected chi connectivity index (χ3v) is 2.83. The van der Waals surface area contributed by atoms with E-state index in [1.54, 1.807) is 0 Å². The minimum absolute atomic E-state index is 0.247. The monoisotopic (exact) mass is 249 g/mol. The van der Waals surface area contributed by atoms with Crippen molar-refractivity contribution in [3.63, 3.8) is 0 Å². The van der Waals surface area contributed by atoms with E-state index in [9.17, 15) is 9.65 Å². The van der Waals surface area contributed by atoms with Crippen LogP contribution in [0.4, 0.5) is 4.39 Å². The quantitative estimate of drug-likeness (QED) is 0.664. The number of rotatable bonds is 1. The summed E-state index contributed by atoms with van der Waals surface area (Å²) >= 11 is 0. The lowest BCUT2D eigenvalue weighted by Crippen LogP contribution is -1.93.